The molecule has 0 spiro atoms. The van der Waals surface area contributed by atoms with E-state index in [-0.39, 0.29) is 17.9 Å². The van der Waals surface area contributed by atoms with Crippen LogP contribution in [0.5, 0.6) is 0 Å². The number of hydrogen-bond donors (Lipinski definition) is 1. The number of piperidine rings is 2. The van der Waals surface area contributed by atoms with E-state index < -0.39 is 0 Å². The molecule has 1 N–H and O–H groups in total. The van der Waals surface area contributed by atoms with Crippen LogP contribution in [0.25, 0.3) is 0 Å². The zero-order valence-electron chi connectivity index (χ0n) is 10.4. The van der Waals surface area contributed by atoms with Crippen molar-refractivity contribution >= 4 is 45.7 Å². The SMILES string of the molecule is O=C1CCC2CN(C(=O)c3csc(I)c3)CCC2N1. The Balaban J connectivity index is 1.68. The van der Waals surface area contributed by atoms with E-state index in [4.69, 9.17) is 0 Å². The summed E-state index contributed by atoms with van der Waals surface area (Å²) in [7, 11) is 0. The fraction of sp³-hybridized carbons (Fsp3) is 0.538. The smallest absolute Gasteiger partial charge is 0.254 e. The van der Waals surface area contributed by atoms with Gasteiger partial charge in [-0.2, -0.15) is 0 Å². The second kappa shape index (κ2) is 5.40. The Bertz CT molecular complexity index is 516. The number of hydrogen-bond acceptors (Lipinski definition) is 3. The van der Waals surface area contributed by atoms with Gasteiger partial charge in [0, 0.05) is 30.9 Å². The molecule has 3 rings (SSSR count). The zero-order chi connectivity index (χ0) is 13.4. The standard InChI is InChI=1S/C13H15IN2O2S/c14-11-5-9(7-19-11)13(18)16-4-3-10-8(6-16)1-2-12(17)15-10/h5,7-8,10H,1-4,6H2,(H,15,17). The van der Waals surface area contributed by atoms with Crippen molar-refractivity contribution < 1.29 is 9.59 Å². The normalized spacial score (nSPS) is 26.8. The number of nitrogens with one attached hydrogen (secondary N) is 1. The summed E-state index contributed by atoms with van der Waals surface area (Å²) in [6, 6.07) is 2.22. The van der Waals surface area contributed by atoms with Crippen LogP contribution in [0.4, 0.5) is 0 Å². The van der Waals surface area contributed by atoms with E-state index in [2.05, 4.69) is 27.9 Å². The van der Waals surface area contributed by atoms with Crippen LogP contribution in [0.3, 0.4) is 0 Å². The molecule has 3 heterocycles. The Kier molecular flexibility index (Phi) is 3.79. The zero-order valence-corrected chi connectivity index (χ0v) is 13.4. The number of nitrogens with zero attached hydrogens (tertiary/aromatic N) is 1. The summed E-state index contributed by atoms with van der Waals surface area (Å²) in [6.45, 7) is 1.52. The van der Waals surface area contributed by atoms with E-state index in [1.54, 1.807) is 11.3 Å². The number of amides is 2. The lowest BCUT2D eigenvalue weighted by Gasteiger charge is -2.41. The van der Waals surface area contributed by atoms with Crippen molar-refractivity contribution in [3.05, 3.63) is 19.9 Å². The first-order chi connectivity index (χ1) is 9.13. The molecule has 1 aromatic heterocycles. The van der Waals surface area contributed by atoms with Crippen molar-refractivity contribution in [3.8, 4) is 0 Å². The molecule has 0 aromatic carbocycles. The monoisotopic (exact) mass is 390 g/mol. The lowest BCUT2D eigenvalue weighted by Crippen LogP contribution is -2.55. The van der Waals surface area contributed by atoms with Crippen LogP contribution < -0.4 is 5.32 Å². The van der Waals surface area contributed by atoms with Crippen molar-refractivity contribution in [3.63, 3.8) is 0 Å². The van der Waals surface area contributed by atoms with Crippen molar-refractivity contribution in [1.82, 2.24) is 10.2 Å². The van der Waals surface area contributed by atoms with E-state index in [1.807, 2.05) is 16.3 Å². The van der Waals surface area contributed by atoms with E-state index in [1.165, 1.54) is 0 Å². The Morgan fingerprint density at radius 1 is 1.47 bits per heavy atom. The van der Waals surface area contributed by atoms with Crippen molar-refractivity contribution in [2.24, 2.45) is 5.92 Å². The van der Waals surface area contributed by atoms with Gasteiger partial charge in [0.05, 0.1) is 8.45 Å². The van der Waals surface area contributed by atoms with Gasteiger partial charge in [-0.25, -0.2) is 0 Å². The van der Waals surface area contributed by atoms with Crippen LogP contribution in [0, 0.1) is 8.80 Å². The summed E-state index contributed by atoms with van der Waals surface area (Å²) < 4.78 is 1.14. The Hall–Kier alpha value is -0.630. The van der Waals surface area contributed by atoms with Crippen LogP contribution in [0.2, 0.25) is 0 Å². The number of carbonyl (C=O) groups excluding carboxylic acids is 2. The van der Waals surface area contributed by atoms with Gasteiger partial charge in [0.15, 0.2) is 0 Å². The summed E-state index contributed by atoms with van der Waals surface area (Å²) >= 11 is 3.84. The third-order valence-electron chi connectivity index (χ3n) is 3.92. The van der Waals surface area contributed by atoms with E-state index in [0.29, 0.717) is 12.3 Å². The summed E-state index contributed by atoms with van der Waals surface area (Å²) in [5, 5.41) is 4.98. The maximum absolute atomic E-state index is 12.4. The van der Waals surface area contributed by atoms with Crippen LogP contribution in [-0.2, 0) is 4.79 Å². The highest BCUT2D eigenvalue weighted by atomic mass is 127. The molecule has 0 aliphatic carbocycles. The minimum atomic E-state index is 0.134. The molecule has 4 nitrogen and oxygen atoms in total. The molecule has 2 aliphatic heterocycles. The predicted molar refractivity (Wildman–Crippen MR) is 82.2 cm³/mol. The molecule has 0 saturated carbocycles. The summed E-state index contributed by atoms with van der Waals surface area (Å²) in [6.07, 6.45) is 2.38. The number of rotatable bonds is 1. The molecule has 0 bridgehead atoms. The molecule has 2 saturated heterocycles. The van der Waals surface area contributed by atoms with Crippen molar-refractivity contribution in [2.75, 3.05) is 13.1 Å². The van der Waals surface area contributed by atoms with Crippen molar-refractivity contribution in [1.29, 1.82) is 0 Å². The summed E-state index contributed by atoms with van der Waals surface area (Å²) in [5.41, 5.74) is 0.799. The molecule has 0 radical (unpaired) electrons. The summed E-state index contributed by atoms with van der Waals surface area (Å²) in [4.78, 5) is 25.7. The fourth-order valence-electron chi connectivity index (χ4n) is 2.90. The van der Waals surface area contributed by atoms with Crippen LogP contribution in [-0.4, -0.2) is 35.8 Å². The van der Waals surface area contributed by atoms with Crippen LogP contribution in [0.1, 0.15) is 29.6 Å². The summed E-state index contributed by atoms with van der Waals surface area (Å²) in [5.74, 6) is 0.719. The topological polar surface area (TPSA) is 49.4 Å². The van der Waals surface area contributed by atoms with Gasteiger partial charge in [-0.05, 0) is 47.4 Å². The molecule has 2 fully saturated rings. The van der Waals surface area contributed by atoms with E-state index >= 15 is 0 Å². The quantitative estimate of drug-likeness (QED) is 0.747. The van der Waals surface area contributed by atoms with Gasteiger partial charge in [-0.15, -0.1) is 11.3 Å². The van der Waals surface area contributed by atoms with Gasteiger partial charge in [-0.1, -0.05) is 0 Å². The fourth-order valence-corrected chi connectivity index (χ4v) is 4.22. The number of fused-ring (bicyclic) bond motifs is 1. The molecule has 2 atom stereocenters. The third-order valence-corrected chi connectivity index (χ3v) is 5.71. The molecular weight excluding hydrogens is 375 g/mol. The molecule has 2 aliphatic rings. The van der Waals surface area contributed by atoms with Crippen LogP contribution in [0.15, 0.2) is 11.4 Å². The number of carbonyl (C=O) groups is 2. The van der Waals surface area contributed by atoms with Gasteiger partial charge in [0.25, 0.3) is 5.91 Å². The highest BCUT2D eigenvalue weighted by Gasteiger charge is 2.35. The lowest BCUT2D eigenvalue weighted by atomic mass is 9.85. The molecule has 19 heavy (non-hydrogen) atoms. The first-order valence-electron chi connectivity index (χ1n) is 6.46. The first kappa shape index (κ1) is 13.4. The second-order valence-electron chi connectivity index (χ2n) is 5.15. The van der Waals surface area contributed by atoms with Crippen molar-refractivity contribution in [2.45, 2.75) is 25.3 Å². The van der Waals surface area contributed by atoms with E-state index in [0.717, 1.165) is 34.4 Å². The first-order valence-corrected chi connectivity index (χ1v) is 8.42. The minimum Gasteiger partial charge on any atom is -0.353 e. The van der Waals surface area contributed by atoms with E-state index in [9.17, 15) is 9.59 Å². The number of likely N-dealkylation sites (tertiary alicyclic amines) is 1. The average molecular weight is 390 g/mol. The molecule has 2 unspecified atom stereocenters. The van der Waals surface area contributed by atoms with Crippen LogP contribution >= 0.6 is 33.9 Å². The van der Waals surface area contributed by atoms with Gasteiger partial charge < -0.3 is 10.2 Å². The van der Waals surface area contributed by atoms with Gasteiger partial charge in [0.2, 0.25) is 5.91 Å². The van der Waals surface area contributed by atoms with Gasteiger partial charge in [-0.3, -0.25) is 9.59 Å². The maximum atomic E-state index is 12.4. The Morgan fingerprint density at radius 2 is 2.32 bits per heavy atom. The molecular formula is C13H15IN2O2S. The molecule has 102 valence electrons. The Labute approximate surface area is 129 Å². The third kappa shape index (κ3) is 2.79. The highest BCUT2D eigenvalue weighted by Crippen LogP contribution is 2.27. The molecule has 2 amide bonds. The molecule has 6 heteroatoms. The number of halogens is 1. The highest BCUT2D eigenvalue weighted by molar-refractivity contribution is 14.1. The average Bonchev–Trinajstić information content (AvgIpc) is 2.84. The van der Waals surface area contributed by atoms with Gasteiger partial charge >= 0.3 is 0 Å². The lowest BCUT2D eigenvalue weighted by molar-refractivity contribution is -0.125. The number of thiophene rings is 1. The minimum absolute atomic E-state index is 0.134. The maximum Gasteiger partial charge on any atom is 0.254 e. The van der Waals surface area contributed by atoms with Gasteiger partial charge in [0.1, 0.15) is 0 Å². The largest absolute Gasteiger partial charge is 0.353 e. The predicted octanol–water partition coefficient (Wildman–Crippen LogP) is 2.09. The molecule has 1 aromatic rings. The Morgan fingerprint density at radius 3 is 3.05 bits per heavy atom. The second-order valence-corrected chi connectivity index (χ2v) is 7.96.